The van der Waals surface area contributed by atoms with Gasteiger partial charge in [0.1, 0.15) is 5.75 Å². The molecule has 0 radical (unpaired) electrons. The molecule has 2 N–H and O–H groups in total. The van der Waals surface area contributed by atoms with Crippen LogP contribution in [0.4, 0.5) is 5.69 Å². The third-order valence-electron chi connectivity index (χ3n) is 2.47. The zero-order valence-electron chi connectivity index (χ0n) is 8.84. The molecule has 1 heterocycles. The number of carbonyl (C=O) groups excluding carboxylic acids is 2. The number of hydrogen-bond acceptors (Lipinski definition) is 3. The lowest BCUT2D eigenvalue weighted by atomic mass is 10.2. The second-order valence-electron chi connectivity index (χ2n) is 3.61. The van der Waals surface area contributed by atoms with E-state index in [1.807, 2.05) is 6.07 Å². The molecule has 2 amide bonds. The van der Waals surface area contributed by atoms with Gasteiger partial charge in [-0.25, -0.2) is 0 Å². The number of amides is 2. The van der Waals surface area contributed by atoms with Crippen LogP contribution in [-0.2, 0) is 9.59 Å². The summed E-state index contributed by atoms with van der Waals surface area (Å²) in [6, 6.07) is 7.07. The van der Waals surface area contributed by atoms with Crippen molar-refractivity contribution in [2.45, 2.75) is 13.0 Å². The Bertz CT molecular complexity index is 445. The van der Waals surface area contributed by atoms with Gasteiger partial charge in [-0.1, -0.05) is 12.1 Å². The maximum Gasteiger partial charge on any atom is 0.260 e. The number of ether oxygens (including phenoxy) is 1. The van der Waals surface area contributed by atoms with E-state index in [2.05, 4.69) is 0 Å². The van der Waals surface area contributed by atoms with Crippen molar-refractivity contribution in [3.63, 3.8) is 0 Å². The molecule has 0 spiro atoms. The molecule has 5 nitrogen and oxygen atoms in total. The summed E-state index contributed by atoms with van der Waals surface area (Å²) in [4.78, 5) is 24.0. The summed E-state index contributed by atoms with van der Waals surface area (Å²) in [5.74, 6) is -0.199. The Morgan fingerprint density at radius 3 is 2.75 bits per heavy atom. The summed E-state index contributed by atoms with van der Waals surface area (Å²) >= 11 is 0. The van der Waals surface area contributed by atoms with Gasteiger partial charge in [-0.15, -0.1) is 0 Å². The zero-order valence-corrected chi connectivity index (χ0v) is 8.84. The first-order valence-electron chi connectivity index (χ1n) is 4.92. The van der Waals surface area contributed by atoms with Crippen LogP contribution in [-0.4, -0.2) is 24.5 Å². The van der Waals surface area contributed by atoms with E-state index in [1.54, 1.807) is 18.2 Å². The molecule has 1 aromatic carbocycles. The molecule has 0 unspecified atom stereocenters. The van der Waals surface area contributed by atoms with E-state index in [0.717, 1.165) is 0 Å². The lowest BCUT2D eigenvalue weighted by Gasteiger charge is -2.32. The minimum Gasteiger partial charge on any atom is -0.477 e. The van der Waals surface area contributed by atoms with Crippen molar-refractivity contribution in [1.82, 2.24) is 0 Å². The first-order chi connectivity index (χ1) is 7.59. The van der Waals surface area contributed by atoms with Crippen molar-refractivity contribution in [3.05, 3.63) is 24.3 Å². The van der Waals surface area contributed by atoms with Gasteiger partial charge in [0.05, 0.1) is 12.2 Å². The van der Waals surface area contributed by atoms with E-state index in [9.17, 15) is 9.59 Å². The van der Waals surface area contributed by atoms with Crippen LogP contribution in [0.25, 0.3) is 0 Å². The van der Waals surface area contributed by atoms with Crippen LogP contribution in [0.15, 0.2) is 24.3 Å². The Hall–Kier alpha value is -2.04. The molecule has 2 rings (SSSR count). The number of nitrogens with two attached hydrogens (primary N) is 1. The molecule has 0 aliphatic carbocycles. The molecule has 0 saturated heterocycles. The number of benzene rings is 1. The van der Waals surface area contributed by atoms with E-state index in [4.69, 9.17) is 10.5 Å². The van der Waals surface area contributed by atoms with Crippen LogP contribution in [0.5, 0.6) is 5.75 Å². The molecular formula is C11H12N2O3. The quantitative estimate of drug-likeness (QED) is 0.739. The number of fused-ring (bicyclic) bond motifs is 1. The highest BCUT2D eigenvalue weighted by molar-refractivity contribution is 5.95. The maximum absolute atomic E-state index is 11.4. The molecule has 1 aromatic rings. The van der Waals surface area contributed by atoms with Gasteiger partial charge in [0.25, 0.3) is 5.91 Å². The summed E-state index contributed by atoms with van der Waals surface area (Å²) in [6.07, 6.45) is -0.779. The fourth-order valence-electron chi connectivity index (χ4n) is 1.68. The fourth-order valence-corrected chi connectivity index (χ4v) is 1.68. The smallest absolute Gasteiger partial charge is 0.260 e. The topological polar surface area (TPSA) is 72.6 Å². The van der Waals surface area contributed by atoms with Gasteiger partial charge in [0, 0.05) is 6.92 Å². The fraction of sp³-hybridized carbons (Fsp3) is 0.273. The van der Waals surface area contributed by atoms with Gasteiger partial charge in [-0.2, -0.15) is 0 Å². The Labute approximate surface area is 92.8 Å². The van der Waals surface area contributed by atoms with Crippen molar-refractivity contribution in [3.8, 4) is 5.75 Å². The number of primary amides is 1. The van der Waals surface area contributed by atoms with Gasteiger partial charge in [0.2, 0.25) is 5.91 Å². The number of carbonyl (C=O) groups is 2. The van der Waals surface area contributed by atoms with Crippen molar-refractivity contribution >= 4 is 17.5 Å². The molecule has 1 aliphatic heterocycles. The molecule has 0 fully saturated rings. The van der Waals surface area contributed by atoms with E-state index in [-0.39, 0.29) is 12.5 Å². The molecular weight excluding hydrogens is 208 g/mol. The van der Waals surface area contributed by atoms with Gasteiger partial charge in [-0.3, -0.25) is 9.59 Å². The first kappa shape index (κ1) is 10.5. The normalized spacial score (nSPS) is 18.6. The molecule has 1 aliphatic rings. The Balaban J connectivity index is 2.41. The van der Waals surface area contributed by atoms with Crippen molar-refractivity contribution in [2.24, 2.45) is 5.73 Å². The third-order valence-corrected chi connectivity index (χ3v) is 2.47. The Kier molecular flexibility index (Phi) is 2.52. The monoisotopic (exact) mass is 220 g/mol. The third kappa shape index (κ3) is 1.71. The summed E-state index contributed by atoms with van der Waals surface area (Å²) < 4.78 is 5.41. The minimum absolute atomic E-state index is 0.137. The summed E-state index contributed by atoms with van der Waals surface area (Å²) in [6.45, 7) is 1.61. The van der Waals surface area contributed by atoms with Crippen molar-refractivity contribution < 1.29 is 14.3 Å². The molecule has 16 heavy (non-hydrogen) atoms. The van der Waals surface area contributed by atoms with E-state index in [1.165, 1.54) is 11.8 Å². The lowest BCUT2D eigenvalue weighted by Crippen LogP contribution is -2.48. The Morgan fingerprint density at radius 2 is 2.12 bits per heavy atom. The SMILES string of the molecule is CC(=O)N1C[C@@H](C(N)=O)Oc2ccccc21. The van der Waals surface area contributed by atoms with Gasteiger partial charge in [0.15, 0.2) is 6.10 Å². The first-order valence-corrected chi connectivity index (χ1v) is 4.92. The van der Waals surface area contributed by atoms with Crippen LogP contribution in [0.2, 0.25) is 0 Å². The van der Waals surface area contributed by atoms with E-state index in [0.29, 0.717) is 11.4 Å². The predicted octanol–water partition coefficient (Wildman–Crippen LogP) is 0.286. The van der Waals surface area contributed by atoms with Gasteiger partial charge < -0.3 is 15.4 Å². The average molecular weight is 220 g/mol. The summed E-state index contributed by atoms with van der Waals surface area (Å²) in [7, 11) is 0. The second kappa shape index (κ2) is 3.84. The molecule has 0 aromatic heterocycles. The van der Waals surface area contributed by atoms with Crippen LogP contribution >= 0.6 is 0 Å². The number of hydrogen-bond donors (Lipinski definition) is 1. The highest BCUT2D eigenvalue weighted by atomic mass is 16.5. The standard InChI is InChI=1S/C11H12N2O3/c1-7(14)13-6-10(11(12)15)16-9-5-3-2-4-8(9)13/h2-5,10H,6H2,1H3,(H2,12,15)/t10-/m0/s1. The number of rotatable bonds is 1. The second-order valence-corrected chi connectivity index (χ2v) is 3.61. The van der Waals surface area contributed by atoms with Crippen molar-refractivity contribution in [2.75, 3.05) is 11.4 Å². The van der Waals surface area contributed by atoms with Crippen LogP contribution in [0, 0.1) is 0 Å². The zero-order chi connectivity index (χ0) is 11.7. The Morgan fingerprint density at radius 1 is 1.44 bits per heavy atom. The van der Waals surface area contributed by atoms with Crippen LogP contribution in [0.3, 0.4) is 0 Å². The van der Waals surface area contributed by atoms with Gasteiger partial charge >= 0.3 is 0 Å². The van der Waals surface area contributed by atoms with E-state index < -0.39 is 12.0 Å². The van der Waals surface area contributed by atoms with E-state index >= 15 is 0 Å². The molecule has 0 bridgehead atoms. The number of para-hydroxylation sites is 2. The highest BCUT2D eigenvalue weighted by Crippen LogP contribution is 2.32. The number of nitrogens with zero attached hydrogens (tertiary/aromatic N) is 1. The summed E-state index contributed by atoms with van der Waals surface area (Å²) in [5, 5.41) is 0. The number of anilines is 1. The van der Waals surface area contributed by atoms with Crippen LogP contribution in [0.1, 0.15) is 6.92 Å². The lowest BCUT2D eigenvalue weighted by molar-refractivity contribution is -0.125. The molecule has 5 heteroatoms. The minimum atomic E-state index is -0.779. The molecule has 1 atom stereocenters. The van der Waals surface area contributed by atoms with Crippen LogP contribution < -0.4 is 15.4 Å². The molecule has 0 saturated carbocycles. The summed E-state index contributed by atoms with van der Waals surface area (Å²) in [5.41, 5.74) is 5.86. The largest absolute Gasteiger partial charge is 0.477 e. The maximum atomic E-state index is 11.4. The average Bonchev–Trinajstić information content (AvgIpc) is 2.27. The predicted molar refractivity (Wildman–Crippen MR) is 58.1 cm³/mol. The van der Waals surface area contributed by atoms with Crippen molar-refractivity contribution in [1.29, 1.82) is 0 Å². The molecule has 84 valence electrons. The van der Waals surface area contributed by atoms with Gasteiger partial charge in [-0.05, 0) is 12.1 Å². The highest BCUT2D eigenvalue weighted by Gasteiger charge is 2.30.